The Balaban J connectivity index is -0.000000282. The number of fused-ring (bicyclic) bond motifs is 3. The number of H-pyrrole nitrogens is 1. The molecule has 8 aromatic carbocycles. The number of carboxylic acids is 3. The van der Waals surface area contributed by atoms with Crippen molar-refractivity contribution < 1.29 is 165 Å². The summed E-state index contributed by atoms with van der Waals surface area (Å²) >= 11 is 46.2. The molecule has 2 aliphatic heterocycles. The topological polar surface area (TPSA) is 642 Å². The molecule has 0 bridgehead atoms. The molecule has 1 saturated heterocycles. The van der Waals surface area contributed by atoms with Gasteiger partial charge in [0.05, 0.1) is 136 Å². The molecule has 0 saturated carbocycles. The first kappa shape index (κ1) is 141. The van der Waals surface area contributed by atoms with E-state index >= 15 is 0 Å². The van der Waals surface area contributed by atoms with Crippen molar-refractivity contribution in [1.82, 2.24) is 30.2 Å². The van der Waals surface area contributed by atoms with E-state index in [1.807, 2.05) is 33.3 Å². The summed E-state index contributed by atoms with van der Waals surface area (Å²) in [5.74, 6) is -6.71. The second-order valence-electron chi connectivity index (χ2n) is 24.6. The molecule has 4 heterocycles. The maximum Gasteiger partial charge on any atom is 1.00 e. The van der Waals surface area contributed by atoms with Gasteiger partial charge in [-0.3, -0.25) is 48.3 Å². The van der Waals surface area contributed by atoms with Crippen molar-refractivity contribution in [2.75, 3.05) is 68.4 Å². The molecule has 1 fully saturated rings. The number of hydrogen-bond donors (Lipinski definition) is 18. The third-order valence-electron chi connectivity index (χ3n) is 13.7. The van der Waals surface area contributed by atoms with E-state index in [2.05, 4.69) is 201 Å². The molecule has 0 radical (unpaired) electrons. The maximum absolute atomic E-state index is 13.6. The van der Waals surface area contributed by atoms with Crippen LogP contribution in [-0.2, 0) is 28.3 Å². The molecule has 3 amide bonds. The van der Waals surface area contributed by atoms with Crippen LogP contribution in [0.15, 0.2) is 155 Å². The number of alkyl halides is 2. The summed E-state index contributed by atoms with van der Waals surface area (Å²) in [5.41, 5.74) is 19.7. The fourth-order valence-electron chi connectivity index (χ4n) is 8.29. The first-order valence-corrected chi connectivity index (χ1v) is 46.3. The second-order valence-corrected chi connectivity index (χ2v) is 35.3. The average Bonchev–Trinajstić information content (AvgIpc) is 1.33. The number of aliphatic hydroxyl groups is 3. The number of nitrogens with zero attached hydrogens (tertiary/aromatic N) is 7. The summed E-state index contributed by atoms with van der Waals surface area (Å²) in [4.78, 5) is 110. The first-order valence-electron chi connectivity index (χ1n) is 37.1. The number of amides is 3. The number of aromatic amines is 1. The number of oxime groups is 1. The maximum atomic E-state index is 13.6. The molecule has 0 aliphatic carbocycles. The fourth-order valence-corrected chi connectivity index (χ4v) is 11.8. The number of piperazine rings is 1. The number of ether oxygens (including phenoxy) is 1. The zero-order valence-corrected chi connectivity index (χ0v) is 92.5. The van der Waals surface area contributed by atoms with Crippen LogP contribution in [0.3, 0.4) is 0 Å². The number of carboxylic acid groups (broad SMARTS) is 3. The number of aromatic nitrogens is 4. The number of ketones is 1. The predicted molar refractivity (Wildman–Crippen MR) is 546 cm³/mol. The van der Waals surface area contributed by atoms with Crippen molar-refractivity contribution in [2.24, 2.45) is 16.7 Å². The Hall–Kier alpha value is -7.98. The number of nitrogens with two attached hydrogens (primary N) is 5. The number of carbonyl (C=O) groups is 7. The Kier molecular flexibility index (Phi) is 78.7. The van der Waals surface area contributed by atoms with Gasteiger partial charge in [0.15, 0.2) is 40.7 Å². The number of nitro groups is 1. The molecule has 10 aromatic rings. The van der Waals surface area contributed by atoms with Crippen LogP contribution in [0.1, 0.15) is 89.7 Å². The normalized spacial score (nSPS) is 11.2. The van der Waals surface area contributed by atoms with Gasteiger partial charge in [0.2, 0.25) is 15.0 Å². The van der Waals surface area contributed by atoms with Gasteiger partial charge < -0.3 is 106 Å². The number of benzene rings is 8. The largest absolute Gasteiger partial charge is 1.00 e. The van der Waals surface area contributed by atoms with Gasteiger partial charge in [-0.15, -0.1) is 0 Å². The van der Waals surface area contributed by atoms with Gasteiger partial charge in [-0.2, -0.15) is 4.39 Å². The number of halogens is 24. The van der Waals surface area contributed by atoms with Crippen molar-refractivity contribution in [2.45, 2.75) is 73.8 Å². The van der Waals surface area contributed by atoms with Crippen LogP contribution >= 0.6 is 195 Å². The second kappa shape index (κ2) is 78.4. The molecule has 141 heavy (non-hydrogen) atoms. The Morgan fingerprint density at radius 1 is 0.723 bits per heavy atom. The Morgan fingerprint density at radius 3 is 1.56 bits per heavy atom. The number of nitro benzene ring substituents is 1. The van der Waals surface area contributed by atoms with Gasteiger partial charge in [0.25, 0.3) is 29.1 Å². The molecule has 12 rings (SSSR count). The van der Waals surface area contributed by atoms with Crippen molar-refractivity contribution in [1.29, 1.82) is 5.41 Å². The van der Waals surface area contributed by atoms with Crippen LogP contribution in [0.25, 0.3) is 27.4 Å². The van der Waals surface area contributed by atoms with Crippen LogP contribution in [0.2, 0.25) is 20.2 Å². The Bertz CT molecular complexity index is 5870. The SMILES string of the molecule is C.CC(=O)O.CC(O)O.CC1CNCCN1C(=O)OC(C)(C)C.CCO.Fc1c(Br)c(Cl)cc2c(Cl)ncnc12.N=CN.N[N-]O.Nc1c(C(=O)O)cc(Cl)c(Br)c1F.Nc1c(C(=O)O)ccc(Br)c1F.Nc1cccc(Br)c1F.O=C(/C=N/O)Nc1cccc(Br)c1F.O=C1Nc2c(ccc(Br)c2F)C1=O.O=S(Cl)Cl.O=[N+]([O-])c1cccc(Br)c1F.O=c1[nH]cnc2c(F)c(Br)c(Cl)cc12.[2H]CF.[2H]CF.[Na+]. The van der Waals surface area contributed by atoms with Crippen molar-refractivity contribution in [3.63, 3.8) is 0 Å². The van der Waals surface area contributed by atoms with E-state index in [4.69, 9.17) is 127 Å². The monoisotopic (exact) mass is 2670 g/mol. The van der Waals surface area contributed by atoms with Crippen molar-refractivity contribution >= 4 is 315 Å². The number of anilines is 5. The van der Waals surface area contributed by atoms with Gasteiger partial charge in [-0.05, 0) is 242 Å². The van der Waals surface area contributed by atoms with E-state index in [0.717, 1.165) is 51.4 Å². The van der Waals surface area contributed by atoms with Crippen LogP contribution in [0.5, 0.6) is 0 Å². The smallest absolute Gasteiger partial charge is 0.488 e. The summed E-state index contributed by atoms with van der Waals surface area (Å²) in [6.07, 6.45) is 2.37. The summed E-state index contributed by atoms with van der Waals surface area (Å²) in [5, 5.41) is 89.5. The summed E-state index contributed by atoms with van der Waals surface area (Å²) < 4.78 is 152. The van der Waals surface area contributed by atoms with Crippen molar-refractivity contribution in [3.8, 4) is 0 Å². The molecule has 1 unspecified atom stereocenters. The van der Waals surface area contributed by atoms with Crippen molar-refractivity contribution in [3.05, 3.63) is 255 Å². The minimum Gasteiger partial charge on any atom is -0.488 e. The van der Waals surface area contributed by atoms with Gasteiger partial charge in [0.1, 0.15) is 40.6 Å². The van der Waals surface area contributed by atoms with E-state index in [-0.39, 0.29) is 163 Å². The van der Waals surface area contributed by atoms with E-state index in [1.54, 1.807) is 30.0 Å². The third-order valence-corrected chi connectivity index (χ3v) is 21.0. The van der Waals surface area contributed by atoms with Gasteiger partial charge in [-0.1, -0.05) is 77.2 Å². The number of hydrogen-bond acceptors (Lipinski definition) is 27. The standard InChI is InChI=1S/C10H20N2O2.C8H2BrCl2FN2.C8H3BrClFN2O.C8H6BrFN2O2.C8H3BrFNO2.C7H4BrClFNO2.C7H5BrFNO2.C6H3BrFNO2.C6H5BrFN.C2H6O2.C2H4O2.C2H6O.2CH3F.CH4N2.CH4.Cl2OS.H3N2O.Na/c1-8-7-11-5-6-12(8)9(13)14-10(2,3)4;9-5-4(10)1-3-7(6(5)12)13-2-14-8(3)11;9-5-4(10)1-3-7(6(5)11)12-2-13-8(3)14;9-5-2-1-3-6(8(5)10)12-7(13)4-11-14;9-4-2-1-3-6(5(4)10)11-8(13)7(3)12;8-4-3(9)1-2(7(12)13)6(11)5(4)10;8-4-2-1-3(7(11)12)6(10)5(4)9;7-4-2-1-3-5(6(4)8)9(10)11;7-4-2-1-3-5(9)6(4)8;2*1-2(3)4;1-2-3;2*1-2;2-1-3;;1-4(2)3;1-2-3;/h8,11H,5-7H2,1-4H3;1-2H;1-2H,(H,12,13,14);1-4,14H,(H,12,13);1-2H,(H,11,12,13);1H,11H2,(H,12,13);1-2H,10H2,(H,11,12);1-3H;1-3H,9H2;2-4H,1H3;1H3,(H,3,4);3H,2H2,1H3;2*1H3;1H,(H3,2,3);1H4;;3H,1H2;/q;;;;;;;;;;;;;;;;;-1;+1/b;;;11-4+;;;;;;;;;;;;;;;/i;;;;;;;;;;;;2*1D;;;;;. The first-order chi connectivity index (χ1) is 65.5. The number of nitrogen functional groups attached to an aromatic ring is 3. The van der Waals surface area contributed by atoms with E-state index in [9.17, 15) is 87.6 Å². The van der Waals surface area contributed by atoms with E-state index in [0.29, 0.717) is 16.1 Å². The predicted octanol–water partition coefficient (Wildman–Crippen LogP) is 18.7. The minimum absolute atomic E-state index is 0. The summed E-state index contributed by atoms with van der Waals surface area (Å²) in [6, 6.07) is 22.7. The van der Waals surface area contributed by atoms with E-state index in [1.165, 1.54) is 80.0 Å². The average molecular weight is 2680 g/mol. The van der Waals surface area contributed by atoms with Gasteiger partial charge in [0, 0.05) is 72.0 Å². The molecular formula is C78H84Br8Cl6F10N17NaO20S. The quantitative estimate of drug-likeness (QED) is 0.00604. The molecular weight excluding hydrogens is 2590 g/mol. The fraction of sp³-hybridized carbons (Fsp3) is 0.218. The minimum atomic E-state index is -1.67. The van der Waals surface area contributed by atoms with Crippen LogP contribution in [0.4, 0.5) is 82.8 Å². The number of Topliss-reactive ketones (excluding diaryl/α,β-unsaturated/α-hetero) is 1. The van der Waals surface area contributed by atoms with Crippen LogP contribution in [0, 0.1) is 62.1 Å². The number of aromatic carboxylic acids is 2. The molecule has 2 aromatic heterocycles. The molecule has 776 valence electrons. The zero-order valence-electron chi connectivity index (χ0n) is 74.4. The molecule has 2 aliphatic rings. The van der Waals surface area contributed by atoms with E-state index < -0.39 is 139 Å². The Labute approximate surface area is 919 Å². The molecule has 23 N–H and O–H groups in total. The molecule has 1 atom stereocenters. The summed E-state index contributed by atoms with van der Waals surface area (Å²) in [6.45, 7) is 14.4. The third kappa shape index (κ3) is 56.3. The number of carbonyl (C=O) groups excluding carboxylic acids is 4. The number of rotatable bonds is 5. The number of nitrogens with one attached hydrogen (secondary N) is 5. The summed E-state index contributed by atoms with van der Waals surface area (Å²) in [7, 11) is 5.36. The van der Waals surface area contributed by atoms with Gasteiger partial charge in [-0.25, -0.2) is 64.3 Å². The molecule has 63 heteroatoms. The molecule has 0 spiro atoms. The number of aliphatic carboxylic acids is 1. The van der Waals surface area contributed by atoms with Gasteiger partial charge >= 0.3 is 53.3 Å². The van der Waals surface area contributed by atoms with Crippen LogP contribution < -0.4 is 79.8 Å². The number of aliphatic hydroxyl groups excluding tert-OH is 2. The molecule has 37 nitrogen and oxygen atoms in total. The zero-order chi connectivity index (χ0) is 111. The Morgan fingerprint density at radius 2 is 1.13 bits per heavy atom. The van der Waals surface area contributed by atoms with Crippen LogP contribution in [-0.4, -0.2) is 188 Å².